The van der Waals surface area contributed by atoms with Crippen LogP contribution in [0.1, 0.15) is 13.8 Å². The van der Waals surface area contributed by atoms with Gasteiger partial charge in [0.15, 0.2) is 5.15 Å². The van der Waals surface area contributed by atoms with Crippen molar-refractivity contribution in [1.82, 2.24) is 19.7 Å². The lowest BCUT2D eigenvalue weighted by Crippen LogP contribution is -2.39. The zero-order valence-electron chi connectivity index (χ0n) is 14.5. The molecule has 2 aromatic heterocycles. The van der Waals surface area contributed by atoms with Crippen LogP contribution in [0.4, 0.5) is 11.5 Å². The van der Waals surface area contributed by atoms with Crippen molar-refractivity contribution in [2.24, 2.45) is 7.05 Å². The monoisotopic (exact) mass is 351 g/mol. The van der Waals surface area contributed by atoms with Gasteiger partial charge in [-0.05, 0) is 40.1 Å². The number of aryl methyl sites for hydroxylation is 1. The van der Waals surface area contributed by atoms with Crippen LogP contribution >= 0.6 is 11.6 Å². The third kappa shape index (κ3) is 4.94. The summed E-state index contributed by atoms with van der Waals surface area (Å²) in [4.78, 5) is 18.3. The number of anilines is 2. The van der Waals surface area contributed by atoms with Gasteiger partial charge in [-0.3, -0.25) is 4.79 Å². The predicted octanol–water partition coefficient (Wildman–Crippen LogP) is 2.29. The Morgan fingerprint density at radius 1 is 1.38 bits per heavy atom. The third-order valence-corrected chi connectivity index (χ3v) is 3.31. The molecular formula is C16H22ClN5O2. The van der Waals surface area contributed by atoms with Gasteiger partial charge < -0.3 is 15.0 Å². The lowest BCUT2D eigenvalue weighted by molar-refractivity contribution is 0.0771. The van der Waals surface area contributed by atoms with E-state index in [1.165, 1.54) is 17.8 Å². The molecule has 0 bridgehead atoms. The van der Waals surface area contributed by atoms with Crippen LogP contribution in [0.25, 0.3) is 0 Å². The first kappa shape index (κ1) is 18.2. The molecule has 0 aliphatic heterocycles. The van der Waals surface area contributed by atoms with Gasteiger partial charge in [-0.1, -0.05) is 11.6 Å². The van der Waals surface area contributed by atoms with E-state index in [-0.39, 0.29) is 16.3 Å². The number of nitrogens with zero attached hydrogens (tertiary/aromatic N) is 4. The molecule has 0 radical (unpaired) electrons. The molecule has 1 N–H and O–H groups in total. The summed E-state index contributed by atoms with van der Waals surface area (Å²) in [7, 11) is 5.53. The number of halogens is 1. The molecule has 8 heteroatoms. The SMILES string of the molecule is CN(C)CC(C)(C)Oc1ccc(Nc2cc(Cl)nn(C)c2=O)nc1. The number of rotatable bonds is 6. The largest absolute Gasteiger partial charge is 0.485 e. The first-order chi connectivity index (χ1) is 11.2. The van der Waals surface area contributed by atoms with Crippen LogP contribution in [0, 0.1) is 0 Å². The number of nitrogens with one attached hydrogen (secondary N) is 1. The summed E-state index contributed by atoms with van der Waals surface area (Å²) >= 11 is 5.87. The van der Waals surface area contributed by atoms with Crippen molar-refractivity contribution in [2.45, 2.75) is 19.4 Å². The molecule has 0 fully saturated rings. The van der Waals surface area contributed by atoms with Crippen LogP contribution < -0.4 is 15.6 Å². The summed E-state index contributed by atoms with van der Waals surface area (Å²) < 4.78 is 7.12. The lowest BCUT2D eigenvalue weighted by atomic mass is 10.1. The van der Waals surface area contributed by atoms with Crippen molar-refractivity contribution in [3.8, 4) is 5.75 Å². The molecule has 7 nitrogen and oxygen atoms in total. The maximum Gasteiger partial charge on any atom is 0.290 e. The molecule has 0 aliphatic carbocycles. The summed E-state index contributed by atoms with van der Waals surface area (Å²) in [5.41, 5.74) is -0.311. The van der Waals surface area contributed by atoms with Gasteiger partial charge in [0.05, 0.1) is 6.20 Å². The van der Waals surface area contributed by atoms with Crippen LogP contribution in [0.15, 0.2) is 29.2 Å². The van der Waals surface area contributed by atoms with E-state index in [1.54, 1.807) is 18.3 Å². The number of ether oxygens (including phenoxy) is 1. The molecule has 2 aromatic rings. The maximum absolute atomic E-state index is 12.0. The Balaban J connectivity index is 2.12. The molecule has 0 spiro atoms. The van der Waals surface area contributed by atoms with Gasteiger partial charge >= 0.3 is 0 Å². The smallest absolute Gasteiger partial charge is 0.290 e. The Bertz CT molecular complexity index is 756. The third-order valence-electron chi connectivity index (χ3n) is 3.12. The van der Waals surface area contributed by atoms with E-state index in [1.807, 2.05) is 27.9 Å². The fourth-order valence-corrected chi connectivity index (χ4v) is 2.65. The highest BCUT2D eigenvalue weighted by Crippen LogP contribution is 2.20. The summed E-state index contributed by atoms with van der Waals surface area (Å²) in [5.74, 6) is 1.18. The summed E-state index contributed by atoms with van der Waals surface area (Å²) in [5, 5.41) is 7.01. The van der Waals surface area contributed by atoms with E-state index < -0.39 is 0 Å². The van der Waals surface area contributed by atoms with E-state index in [4.69, 9.17) is 16.3 Å². The van der Waals surface area contributed by atoms with Crippen molar-refractivity contribution in [3.05, 3.63) is 39.9 Å². The number of likely N-dealkylation sites (N-methyl/N-ethyl adjacent to an activating group) is 1. The Hall–Kier alpha value is -2.12. The normalized spacial score (nSPS) is 11.6. The molecule has 0 unspecified atom stereocenters. The van der Waals surface area contributed by atoms with Gasteiger partial charge in [0, 0.05) is 19.7 Å². The van der Waals surface area contributed by atoms with E-state index in [9.17, 15) is 4.79 Å². The van der Waals surface area contributed by atoms with Crippen molar-refractivity contribution in [2.75, 3.05) is 26.0 Å². The average Bonchev–Trinajstić information content (AvgIpc) is 2.44. The van der Waals surface area contributed by atoms with Gasteiger partial charge in [0.1, 0.15) is 22.9 Å². The predicted molar refractivity (Wildman–Crippen MR) is 95.3 cm³/mol. The quantitative estimate of drug-likeness (QED) is 0.861. The van der Waals surface area contributed by atoms with Crippen LogP contribution in [0.3, 0.4) is 0 Å². The Kier molecular flexibility index (Phi) is 5.46. The molecule has 24 heavy (non-hydrogen) atoms. The molecule has 0 aromatic carbocycles. The molecule has 0 aliphatic rings. The maximum atomic E-state index is 12.0. The van der Waals surface area contributed by atoms with Crippen molar-refractivity contribution in [1.29, 1.82) is 0 Å². The second-order valence-corrected chi connectivity index (χ2v) is 6.80. The zero-order chi connectivity index (χ0) is 17.9. The first-order valence-electron chi connectivity index (χ1n) is 7.47. The Labute approximate surface area is 146 Å². The Morgan fingerprint density at radius 2 is 2.08 bits per heavy atom. The molecule has 0 amide bonds. The summed E-state index contributed by atoms with van der Waals surface area (Å²) in [6, 6.07) is 5.02. The van der Waals surface area contributed by atoms with Crippen molar-refractivity contribution in [3.63, 3.8) is 0 Å². The topological polar surface area (TPSA) is 72.3 Å². The number of hydrogen-bond acceptors (Lipinski definition) is 6. The first-order valence-corrected chi connectivity index (χ1v) is 7.85. The molecule has 0 saturated heterocycles. The Morgan fingerprint density at radius 3 is 2.67 bits per heavy atom. The molecule has 0 atom stereocenters. The van der Waals surface area contributed by atoms with Crippen molar-refractivity contribution >= 4 is 23.1 Å². The van der Waals surface area contributed by atoms with Gasteiger partial charge in [0.2, 0.25) is 0 Å². The van der Waals surface area contributed by atoms with Crippen molar-refractivity contribution < 1.29 is 4.74 Å². The van der Waals surface area contributed by atoms with Gasteiger partial charge in [0.25, 0.3) is 5.56 Å². The van der Waals surface area contributed by atoms with Gasteiger partial charge in [-0.2, -0.15) is 5.10 Å². The van der Waals surface area contributed by atoms with E-state index in [0.29, 0.717) is 17.3 Å². The van der Waals surface area contributed by atoms with Crippen LogP contribution in [-0.4, -0.2) is 45.9 Å². The summed E-state index contributed by atoms with van der Waals surface area (Å²) in [6.45, 7) is 4.81. The highest BCUT2D eigenvalue weighted by molar-refractivity contribution is 6.29. The van der Waals surface area contributed by atoms with Gasteiger partial charge in [-0.15, -0.1) is 0 Å². The lowest BCUT2D eigenvalue weighted by Gasteiger charge is -2.29. The highest BCUT2D eigenvalue weighted by atomic mass is 35.5. The van der Waals surface area contributed by atoms with E-state index in [2.05, 4.69) is 20.3 Å². The second-order valence-electron chi connectivity index (χ2n) is 6.41. The minimum atomic E-state index is -0.339. The zero-order valence-corrected chi connectivity index (χ0v) is 15.3. The molecule has 130 valence electrons. The molecular weight excluding hydrogens is 330 g/mol. The number of hydrogen-bond donors (Lipinski definition) is 1. The number of pyridine rings is 1. The highest BCUT2D eigenvalue weighted by Gasteiger charge is 2.21. The van der Waals surface area contributed by atoms with E-state index >= 15 is 0 Å². The second kappa shape index (κ2) is 7.19. The van der Waals surface area contributed by atoms with Crippen LogP contribution in [0.2, 0.25) is 5.15 Å². The minimum Gasteiger partial charge on any atom is -0.485 e. The van der Waals surface area contributed by atoms with E-state index in [0.717, 1.165) is 6.54 Å². The van der Waals surface area contributed by atoms with Gasteiger partial charge in [-0.25, -0.2) is 9.67 Å². The molecule has 2 rings (SSSR count). The fraction of sp³-hybridized carbons (Fsp3) is 0.438. The fourth-order valence-electron chi connectivity index (χ4n) is 2.43. The molecule has 2 heterocycles. The molecule has 0 saturated carbocycles. The standard InChI is InChI=1S/C16H22ClN5O2/c1-16(2,10-21(3)4)24-11-6-7-14(18-9-11)19-12-8-13(17)20-22(5)15(12)23/h6-9H,10H2,1-5H3,(H,18,19). The summed E-state index contributed by atoms with van der Waals surface area (Å²) in [6.07, 6.45) is 1.62. The van der Waals surface area contributed by atoms with Crippen LogP contribution in [-0.2, 0) is 7.05 Å². The minimum absolute atomic E-state index is 0.227. The average molecular weight is 352 g/mol. The van der Waals surface area contributed by atoms with Crippen LogP contribution in [0.5, 0.6) is 5.75 Å². The number of aromatic nitrogens is 3.